The van der Waals surface area contributed by atoms with Crippen LogP contribution in [0.4, 0.5) is 0 Å². The average molecular weight is 377 g/mol. The zero-order valence-corrected chi connectivity index (χ0v) is 14.9. The first-order chi connectivity index (χ1) is 9.68. The summed E-state index contributed by atoms with van der Waals surface area (Å²) in [6.07, 6.45) is 3.05. The van der Waals surface area contributed by atoms with Crippen LogP contribution in [-0.4, -0.2) is 32.8 Å². The van der Waals surface area contributed by atoms with Crippen molar-refractivity contribution in [2.45, 2.75) is 38.0 Å². The number of unbranched alkanes of at least 4 members (excludes halogenated alkanes) is 2. The molecule has 1 rings (SSSR count). The zero-order chi connectivity index (χ0) is 16.2. The number of hydrogen-bond donors (Lipinski definition) is 1. The molecular weight excluding hydrogens is 356 g/mol. The molecule has 0 aliphatic rings. The number of nitrogens with zero attached hydrogens (tertiary/aromatic N) is 1. The van der Waals surface area contributed by atoms with E-state index in [0.29, 0.717) is 22.1 Å². The summed E-state index contributed by atoms with van der Waals surface area (Å²) >= 11 is 3.28. The van der Waals surface area contributed by atoms with Crippen LogP contribution in [0.1, 0.15) is 42.1 Å². The standard InChI is InChI=1S/C14H21BrN2O3S/c1-4-5-6-7-17(3)14(18)12-8-11(21(16,19)20)9-13(15)10(12)2/h8-9H,4-7H2,1-3H3,(H2,16,19,20). The summed E-state index contributed by atoms with van der Waals surface area (Å²) in [5.41, 5.74) is 1.06. The molecule has 0 saturated carbocycles. The average Bonchev–Trinajstić information content (AvgIpc) is 2.39. The highest BCUT2D eigenvalue weighted by atomic mass is 79.9. The Hall–Kier alpha value is -0.920. The van der Waals surface area contributed by atoms with Crippen LogP contribution >= 0.6 is 15.9 Å². The predicted octanol–water partition coefficient (Wildman–Crippen LogP) is 2.67. The Labute approximate surface area is 134 Å². The third kappa shape index (κ3) is 4.79. The van der Waals surface area contributed by atoms with Crippen molar-refractivity contribution in [3.8, 4) is 0 Å². The highest BCUT2D eigenvalue weighted by Gasteiger charge is 2.19. The normalized spacial score (nSPS) is 11.5. The first-order valence-corrected chi connectivity index (χ1v) is 9.10. The van der Waals surface area contributed by atoms with E-state index in [1.807, 2.05) is 0 Å². The molecule has 0 aliphatic heterocycles. The smallest absolute Gasteiger partial charge is 0.253 e. The van der Waals surface area contributed by atoms with E-state index in [9.17, 15) is 13.2 Å². The number of nitrogens with two attached hydrogens (primary N) is 1. The lowest BCUT2D eigenvalue weighted by Gasteiger charge is -2.19. The molecule has 1 aromatic carbocycles. The molecule has 0 bridgehead atoms. The van der Waals surface area contributed by atoms with Crippen molar-refractivity contribution in [1.82, 2.24) is 4.90 Å². The van der Waals surface area contributed by atoms with E-state index < -0.39 is 10.0 Å². The van der Waals surface area contributed by atoms with Crippen LogP contribution < -0.4 is 5.14 Å². The van der Waals surface area contributed by atoms with Crippen molar-refractivity contribution in [1.29, 1.82) is 0 Å². The van der Waals surface area contributed by atoms with Crippen molar-refractivity contribution in [3.05, 3.63) is 27.7 Å². The first kappa shape index (κ1) is 18.1. The van der Waals surface area contributed by atoms with Crippen LogP contribution in [0.25, 0.3) is 0 Å². The van der Waals surface area contributed by atoms with E-state index in [2.05, 4.69) is 22.9 Å². The summed E-state index contributed by atoms with van der Waals surface area (Å²) in [4.78, 5) is 14.0. The topological polar surface area (TPSA) is 80.5 Å². The van der Waals surface area contributed by atoms with Crippen molar-refractivity contribution in [2.75, 3.05) is 13.6 Å². The number of primary sulfonamides is 1. The van der Waals surface area contributed by atoms with E-state index in [1.165, 1.54) is 12.1 Å². The van der Waals surface area contributed by atoms with Crippen molar-refractivity contribution in [3.63, 3.8) is 0 Å². The fourth-order valence-corrected chi connectivity index (χ4v) is 3.12. The second-order valence-electron chi connectivity index (χ2n) is 5.06. The number of carbonyl (C=O) groups excluding carboxylic acids is 1. The molecule has 7 heteroatoms. The van der Waals surface area contributed by atoms with Gasteiger partial charge in [-0.2, -0.15) is 0 Å². The molecule has 0 aromatic heterocycles. The van der Waals surface area contributed by atoms with Crippen LogP contribution in [0, 0.1) is 6.92 Å². The van der Waals surface area contributed by atoms with Gasteiger partial charge in [0.2, 0.25) is 10.0 Å². The minimum Gasteiger partial charge on any atom is -0.342 e. The molecule has 1 amide bonds. The van der Waals surface area contributed by atoms with Gasteiger partial charge in [-0.15, -0.1) is 0 Å². The van der Waals surface area contributed by atoms with Crippen molar-refractivity contribution in [2.24, 2.45) is 5.14 Å². The third-order valence-corrected chi connectivity index (χ3v) is 5.04. The van der Waals surface area contributed by atoms with Crippen molar-refractivity contribution < 1.29 is 13.2 Å². The second-order valence-corrected chi connectivity index (χ2v) is 7.47. The van der Waals surface area contributed by atoms with Crippen LogP contribution in [-0.2, 0) is 10.0 Å². The van der Waals surface area contributed by atoms with E-state index in [-0.39, 0.29) is 10.8 Å². The Balaban J connectivity index is 3.11. The largest absolute Gasteiger partial charge is 0.342 e. The second kappa shape index (κ2) is 7.38. The molecule has 0 unspecified atom stereocenters. The predicted molar refractivity (Wildman–Crippen MR) is 86.7 cm³/mol. The highest BCUT2D eigenvalue weighted by Crippen LogP contribution is 2.25. The summed E-state index contributed by atoms with van der Waals surface area (Å²) < 4.78 is 23.5. The summed E-state index contributed by atoms with van der Waals surface area (Å²) in [6, 6.07) is 2.76. The summed E-state index contributed by atoms with van der Waals surface area (Å²) in [7, 11) is -2.13. The Bertz CT molecular complexity index is 629. The summed E-state index contributed by atoms with van der Waals surface area (Å²) in [5, 5.41) is 5.15. The molecule has 5 nitrogen and oxygen atoms in total. The summed E-state index contributed by atoms with van der Waals surface area (Å²) in [6.45, 7) is 4.51. The van der Waals surface area contributed by atoms with Gasteiger partial charge in [-0.3, -0.25) is 4.79 Å². The molecule has 0 heterocycles. The maximum atomic E-state index is 12.5. The fourth-order valence-electron chi connectivity index (χ4n) is 1.95. The van der Waals surface area contributed by atoms with Gasteiger partial charge in [0.05, 0.1) is 4.90 Å². The first-order valence-electron chi connectivity index (χ1n) is 6.77. The van der Waals surface area contributed by atoms with Gasteiger partial charge in [0.15, 0.2) is 0 Å². The molecule has 0 saturated heterocycles. The van der Waals surface area contributed by atoms with Crippen LogP contribution in [0.15, 0.2) is 21.5 Å². The van der Waals surface area contributed by atoms with Crippen LogP contribution in [0.2, 0.25) is 0 Å². The maximum absolute atomic E-state index is 12.5. The van der Waals surface area contributed by atoms with Gasteiger partial charge in [-0.1, -0.05) is 35.7 Å². The van der Waals surface area contributed by atoms with Gasteiger partial charge < -0.3 is 4.90 Å². The minimum atomic E-state index is -3.85. The van der Waals surface area contributed by atoms with Crippen LogP contribution in [0.5, 0.6) is 0 Å². The number of halogens is 1. The molecule has 0 spiro atoms. The van der Waals surface area contributed by atoms with Gasteiger partial charge >= 0.3 is 0 Å². The molecule has 21 heavy (non-hydrogen) atoms. The Morgan fingerprint density at radius 3 is 2.48 bits per heavy atom. The Morgan fingerprint density at radius 1 is 1.33 bits per heavy atom. The number of sulfonamides is 1. The quantitative estimate of drug-likeness (QED) is 0.774. The van der Waals surface area contributed by atoms with Gasteiger partial charge in [0.25, 0.3) is 5.91 Å². The minimum absolute atomic E-state index is 0.0646. The lowest BCUT2D eigenvalue weighted by molar-refractivity contribution is 0.0791. The van der Waals surface area contributed by atoms with Crippen molar-refractivity contribution >= 4 is 31.9 Å². The zero-order valence-electron chi connectivity index (χ0n) is 12.5. The number of rotatable bonds is 6. The molecule has 0 fully saturated rings. The lowest BCUT2D eigenvalue weighted by Crippen LogP contribution is -2.29. The van der Waals surface area contributed by atoms with Gasteiger partial charge in [-0.25, -0.2) is 13.6 Å². The number of carbonyl (C=O) groups is 1. The lowest BCUT2D eigenvalue weighted by atomic mass is 10.1. The fraction of sp³-hybridized carbons (Fsp3) is 0.500. The molecule has 1 aromatic rings. The van der Waals surface area contributed by atoms with Gasteiger partial charge in [-0.05, 0) is 31.0 Å². The van der Waals surface area contributed by atoms with Gasteiger partial charge in [0.1, 0.15) is 0 Å². The molecule has 0 aliphatic carbocycles. The monoisotopic (exact) mass is 376 g/mol. The van der Waals surface area contributed by atoms with E-state index in [1.54, 1.807) is 18.9 Å². The van der Waals surface area contributed by atoms with Gasteiger partial charge in [0, 0.05) is 23.6 Å². The molecular formula is C14H21BrN2O3S. The maximum Gasteiger partial charge on any atom is 0.253 e. The van der Waals surface area contributed by atoms with Crippen LogP contribution in [0.3, 0.4) is 0 Å². The van der Waals surface area contributed by atoms with E-state index in [4.69, 9.17) is 5.14 Å². The number of benzene rings is 1. The Morgan fingerprint density at radius 2 is 1.95 bits per heavy atom. The Kier molecular flexibility index (Phi) is 6.37. The third-order valence-electron chi connectivity index (χ3n) is 3.32. The summed E-state index contributed by atoms with van der Waals surface area (Å²) in [5.74, 6) is -0.199. The SMILES string of the molecule is CCCCCN(C)C(=O)c1cc(S(N)(=O)=O)cc(Br)c1C. The number of amides is 1. The molecule has 118 valence electrons. The van der Waals surface area contributed by atoms with E-state index in [0.717, 1.165) is 19.3 Å². The highest BCUT2D eigenvalue weighted by molar-refractivity contribution is 9.10. The molecule has 0 atom stereocenters. The number of hydrogen-bond acceptors (Lipinski definition) is 3. The molecule has 0 radical (unpaired) electrons. The van der Waals surface area contributed by atoms with E-state index >= 15 is 0 Å². The molecule has 2 N–H and O–H groups in total.